The summed E-state index contributed by atoms with van der Waals surface area (Å²) in [5.74, 6) is 0.818. The number of carbonyl (C=O) groups excluding carboxylic acids is 2. The summed E-state index contributed by atoms with van der Waals surface area (Å²) >= 11 is 0. The number of para-hydroxylation sites is 1. The molecule has 1 saturated heterocycles. The van der Waals surface area contributed by atoms with E-state index < -0.39 is 5.92 Å². The van der Waals surface area contributed by atoms with E-state index in [4.69, 9.17) is 14.2 Å². The highest BCUT2D eigenvalue weighted by Crippen LogP contribution is 2.42. The Balaban J connectivity index is 1.48. The summed E-state index contributed by atoms with van der Waals surface area (Å²) in [6.45, 7) is 0.239. The fourth-order valence-corrected chi connectivity index (χ4v) is 3.70. The first-order chi connectivity index (χ1) is 15.5. The minimum atomic E-state index is -0.511. The number of ether oxygens (including phenoxy) is 3. The van der Waals surface area contributed by atoms with Crippen LogP contribution in [-0.4, -0.2) is 49.5 Å². The van der Waals surface area contributed by atoms with Gasteiger partial charge >= 0.3 is 0 Å². The third kappa shape index (κ3) is 4.09. The molecule has 32 heavy (non-hydrogen) atoms. The highest BCUT2D eigenvalue weighted by atomic mass is 16.5. The molecule has 1 unspecified atom stereocenters. The van der Waals surface area contributed by atoms with Crippen LogP contribution in [0.2, 0.25) is 0 Å². The summed E-state index contributed by atoms with van der Waals surface area (Å²) in [6, 6.07) is 14.7. The third-order valence-electron chi connectivity index (χ3n) is 5.32. The second-order valence-electron chi connectivity index (χ2n) is 7.26. The van der Waals surface area contributed by atoms with Gasteiger partial charge in [-0.15, -0.1) is 0 Å². The number of nitrogens with one attached hydrogen (secondary N) is 1. The molecule has 9 nitrogen and oxygen atoms in total. The summed E-state index contributed by atoms with van der Waals surface area (Å²) in [5.41, 5.74) is 1.46. The lowest BCUT2D eigenvalue weighted by atomic mass is 10.1. The van der Waals surface area contributed by atoms with Crippen LogP contribution in [0.4, 0.5) is 11.5 Å². The molecule has 2 amide bonds. The van der Waals surface area contributed by atoms with E-state index in [0.29, 0.717) is 28.8 Å². The van der Waals surface area contributed by atoms with Crippen LogP contribution in [0.1, 0.15) is 6.42 Å². The van der Waals surface area contributed by atoms with Crippen molar-refractivity contribution in [2.24, 2.45) is 5.92 Å². The van der Waals surface area contributed by atoms with Crippen LogP contribution in [0.25, 0.3) is 5.69 Å². The van der Waals surface area contributed by atoms with Crippen molar-refractivity contribution in [3.05, 3.63) is 54.7 Å². The highest BCUT2D eigenvalue weighted by Gasteiger charge is 2.36. The molecule has 0 aliphatic carbocycles. The molecule has 3 aromatic rings. The number of amides is 2. The first-order valence-corrected chi connectivity index (χ1v) is 10.1. The van der Waals surface area contributed by atoms with E-state index in [1.165, 1.54) is 21.3 Å². The molecule has 0 radical (unpaired) electrons. The van der Waals surface area contributed by atoms with Gasteiger partial charge in [-0.1, -0.05) is 18.2 Å². The zero-order valence-electron chi connectivity index (χ0n) is 18.1. The Morgan fingerprint density at radius 3 is 2.31 bits per heavy atom. The van der Waals surface area contributed by atoms with E-state index >= 15 is 0 Å². The summed E-state index contributed by atoms with van der Waals surface area (Å²) < 4.78 is 17.8. The van der Waals surface area contributed by atoms with Gasteiger partial charge in [0.2, 0.25) is 17.6 Å². The van der Waals surface area contributed by atoms with Gasteiger partial charge in [0.05, 0.1) is 38.6 Å². The van der Waals surface area contributed by atoms with Crippen molar-refractivity contribution in [1.29, 1.82) is 0 Å². The Bertz CT molecular complexity index is 1100. The number of hydrogen-bond acceptors (Lipinski definition) is 6. The second-order valence-corrected chi connectivity index (χ2v) is 7.26. The van der Waals surface area contributed by atoms with Crippen molar-refractivity contribution in [3.63, 3.8) is 0 Å². The van der Waals surface area contributed by atoms with Crippen molar-refractivity contribution >= 4 is 23.3 Å². The third-order valence-corrected chi connectivity index (χ3v) is 5.32. The van der Waals surface area contributed by atoms with E-state index in [9.17, 15) is 9.59 Å². The molecule has 1 aliphatic rings. The lowest BCUT2D eigenvalue weighted by Gasteiger charge is -2.20. The van der Waals surface area contributed by atoms with Crippen LogP contribution in [0, 0.1) is 5.92 Å². The Kier molecular flexibility index (Phi) is 5.98. The Morgan fingerprint density at radius 2 is 1.69 bits per heavy atom. The van der Waals surface area contributed by atoms with E-state index in [0.717, 1.165) is 5.69 Å². The molecular weight excluding hydrogens is 412 g/mol. The van der Waals surface area contributed by atoms with Crippen molar-refractivity contribution in [3.8, 4) is 22.9 Å². The van der Waals surface area contributed by atoms with Gasteiger partial charge in [0.1, 0.15) is 0 Å². The fraction of sp³-hybridized carbons (Fsp3) is 0.261. The number of nitrogens with zero attached hydrogens (tertiary/aromatic N) is 3. The van der Waals surface area contributed by atoms with Crippen molar-refractivity contribution in [1.82, 2.24) is 9.78 Å². The fourth-order valence-electron chi connectivity index (χ4n) is 3.70. The Morgan fingerprint density at radius 1 is 1.00 bits per heavy atom. The molecule has 9 heteroatoms. The smallest absolute Gasteiger partial charge is 0.231 e. The SMILES string of the molecule is COc1cc(N2CC(C(=O)Nc3ccn(-c4ccccc4)n3)CC2=O)cc(OC)c1OC. The average molecular weight is 436 g/mol. The van der Waals surface area contributed by atoms with Gasteiger partial charge in [0, 0.05) is 37.4 Å². The normalized spacial score (nSPS) is 15.5. The molecule has 1 atom stereocenters. The molecule has 1 fully saturated rings. The molecule has 0 bridgehead atoms. The number of anilines is 2. The van der Waals surface area contributed by atoms with E-state index in [2.05, 4.69) is 10.4 Å². The quantitative estimate of drug-likeness (QED) is 0.612. The molecule has 0 saturated carbocycles. The standard InChI is InChI=1S/C23H24N4O5/c1-30-18-12-17(13-19(31-2)22(18)32-3)26-14-15(11-21(26)28)23(29)24-20-9-10-27(25-20)16-7-5-4-6-8-16/h4-10,12-13,15H,11,14H2,1-3H3,(H,24,25,29). The lowest BCUT2D eigenvalue weighted by molar-refractivity contribution is -0.122. The first kappa shape index (κ1) is 21.2. The number of hydrogen-bond donors (Lipinski definition) is 1. The average Bonchev–Trinajstić information content (AvgIpc) is 3.45. The van der Waals surface area contributed by atoms with Crippen LogP contribution in [0.3, 0.4) is 0 Å². The summed E-state index contributed by atoms with van der Waals surface area (Å²) in [4.78, 5) is 27.1. The van der Waals surface area contributed by atoms with E-state index in [-0.39, 0.29) is 24.8 Å². The molecular formula is C23H24N4O5. The molecule has 1 aliphatic heterocycles. The molecule has 166 valence electrons. The van der Waals surface area contributed by atoms with Gasteiger partial charge in [-0.25, -0.2) is 4.68 Å². The van der Waals surface area contributed by atoms with Gasteiger partial charge in [0.25, 0.3) is 0 Å². The van der Waals surface area contributed by atoms with Crippen molar-refractivity contribution in [2.75, 3.05) is 38.1 Å². The van der Waals surface area contributed by atoms with Gasteiger partial charge < -0.3 is 24.4 Å². The zero-order chi connectivity index (χ0) is 22.7. The topological polar surface area (TPSA) is 94.9 Å². The molecule has 2 heterocycles. The van der Waals surface area contributed by atoms with Crippen LogP contribution in [0.15, 0.2) is 54.7 Å². The Labute approximate surface area is 185 Å². The van der Waals surface area contributed by atoms with E-state index in [1.807, 2.05) is 30.3 Å². The summed E-state index contributed by atoms with van der Waals surface area (Å²) in [6.07, 6.45) is 1.87. The molecule has 1 aromatic heterocycles. The first-order valence-electron chi connectivity index (χ1n) is 10.1. The highest BCUT2D eigenvalue weighted by molar-refractivity contribution is 6.03. The minimum absolute atomic E-state index is 0.0991. The minimum Gasteiger partial charge on any atom is -0.493 e. The maximum absolute atomic E-state index is 12.8. The van der Waals surface area contributed by atoms with Gasteiger partial charge in [-0.05, 0) is 12.1 Å². The molecule has 4 rings (SSSR count). The van der Waals surface area contributed by atoms with Gasteiger partial charge in [0.15, 0.2) is 17.3 Å². The summed E-state index contributed by atoms with van der Waals surface area (Å²) in [7, 11) is 4.54. The predicted molar refractivity (Wildman–Crippen MR) is 119 cm³/mol. The number of carbonyl (C=O) groups is 2. The predicted octanol–water partition coefficient (Wildman–Crippen LogP) is 2.89. The zero-order valence-corrected chi connectivity index (χ0v) is 18.1. The van der Waals surface area contributed by atoms with Crippen molar-refractivity contribution < 1.29 is 23.8 Å². The number of aromatic nitrogens is 2. The lowest BCUT2D eigenvalue weighted by Crippen LogP contribution is -2.28. The molecule has 2 aromatic carbocycles. The van der Waals surface area contributed by atoms with Gasteiger partial charge in [-0.2, -0.15) is 5.10 Å². The molecule has 1 N–H and O–H groups in total. The van der Waals surface area contributed by atoms with Crippen LogP contribution in [-0.2, 0) is 9.59 Å². The van der Waals surface area contributed by atoms with Gasteiger partial charge in [-0.3, -0.25) is 9.59 Å². The largest absolute Gasteiger partial charge is 0.493 e. The number of rotatable bonds is 7. The maximum atomic E-state index is 12.8. The second kappa shape index (κ2) is 9.01. The van der Waals surface area contributed by atoms with E-state index in [1.54, 1.807) is 34.0 Å². The monoisotopic (exact) mass is 436 g/mol. The Hall–Kier alpha value is -4.01. The number of methoxy groups -OCH3 is 3. The number of benzene rings is 2. The van der Waals surface area contributed by atoms with Crippen molar-refractivity contribution in [2.45, 2.75) is 6.42 Å². The molecule has 0 spiro atoms. The van der Waals surface area contributed by atoms with Crippen LogP contribution < -0.4 is 24.4 Å². The van der Waals surface area contributed by atoms with Crippen LogP contribution in [0.5, 0.6) is 17.2 Å². The maximum Gasteiger partial charge on any atom is 0.231 e. The summed E-state index contributed by atoms with van der Waals surface area (Å²) in [5, 5.41) is 7.20. The van der Waals surface area contributed by atoms with Crippen LogP contribution >= 0.6 is 0 Å².